The van der Waals surface area contributed by atoms with Gasteiger partial charge in [-0.15, -0.1) is 138 Å². The van der Waals surface area contributed by atoms with Crippen molar-refractivity contribution >= 4 is 97.6 Å². The Morgan fingerprint density at radius 1 is 0.329 bits per heavy atom. The molecule has 6 radical (unpaired) electrons. The van der Waals surface area contributed by atoms with Crippen LogP contribution >= 0.6 is 34.1 Å². The van der Waals surface area contributed by atoms with Crippen molar-refractivity contribution in [3.05, 3.63) is 279 Å². The van der Waals surface area contributed by atoms with Crippen molar-refractivity contribution in [2.45, 2.75) is 79.3 Å². The summed E-state index contributed by atoms with van der Waals surface area (Å²) < 4.78 is 0. The third-order valence-electron chi connectivity index (χ3n) is 12.7. The molecule has 0 saturated carbocycles. The third kappa shape index (κ3) is 23.2. The van der Waals surface area contributed by atoms with Crippen LogP contribution in [0.2, 0.25) is 12.1 Å². The van der Waals surface area contributed by atoms with Crippen LogP contribution in [0.1, 0.15) is 61.8 Å². The Bertz CT molecular complexity index is 3110. The predicted octanol–water partition coefficient (Wildman–Crippen LogP) is 24.3. The summed E-state index contributed by atoms with van der Waals surface area (Å²) >= 11 is -1.65. The molecule has 0 aliphatic heterocycles. The molecular formula is C74H74Cl4Si2Zr2-6. The maximum absolute atomic E-state index is 4.93. The van der Waals surface area contributed by atoms with Crippen molar-refractivity contribution in [1.82, 2.24) is 0 Å². The van der Waals surface area contributed by atoms with E-state index in [-0.39, 0.29) is 0 Å². The van der Waals surface area contributed by atoms with Crippen LogP contribution in [0.15, 0.2) is 243 Å². The van der Waals surface area contributed by atoms with E-state index in [1.165, 1.54) is 123 Å². The summed E-state index contributed by atoms with van der Waals surface area (Å²) in [5.41, 5.74) is 15.8. The number of fused-ring (bicyclic) bond motifs is 4. The maximum atomic E-state index is 4.93. The zero-order valence-corrected chi connectivity index (χ0v) is 58.2. The van der Waals surface area contributed by atoms with Crippen molar-refractivity contribution in [1.29, 1.82) is 0 Å². The van der Waals surface area contributed by atoms with Crippen LogP contribution in [0.4, 0.5) is 0 Å². The summed E-state index contributed by atoms with van der Waals surface area (Å²) in [7, 11) is 26.1. The molecule has 0 nitrogen and oxygen atoms in total. The Labute approximate surface area is 536 Å². The molecular weight excluding hydrogens is 1270 g/mol. The summed E-state index contributed by atoms with van der Waals surface area (Å²) in [6.45, 7) is 20.1. The van der Waals surface area contributed by atoms with Crippen LogP contribution in [0.25, 0.3) is 87.6 Å². The van der Waals surface area contributed by atoms with E-state index < -0.39 is 41.7 Å². The summed E-state index contributed by atoms with van der Waals surface area (Å²) in [5.74, 6) is 0. The first-order valence-corrected chi connectivity index (χ1v) is 41.7. The Hall–Kier alpha value is -4.44. The van der Waals surface area contributed by atoms with E-state index in [4.69, 9.17) is 34.1 Å². The average molecular weight is 1340 g/mol. The van der Waals surface area contributed by atoms with Gasteiger partial charge in [0.2, 0.25) is 0 Å². The molecule has 0 aliphatic carbocycles. The van der Waals surface area contributed by atoms with Crippen molar-refractivity contribution in [3.63, 3.8) is 0 Å². The fraction of sp³-hybridized carbons (Fsp3) is 0.162. The first-order valence-electron chi connectivity index (χ1n) is 27.6. The zero-order valence-electron chi connectivity index (χ0n) is 48.3. The van der Waals surface area contributed by atoms with Gasteiger partial charge >= 0.3 is 75.7 Å². The Balaban J connectivity index is 0.000000214. The minimum atomic E-state index is -0.826. The van der Waals surface area contributed by atoms with Crippen molar-refractivity contribution < 1.29 is 41.7 Å². The predicted molar refractivity (Wildman–Crippen MR) is 364 cm³/mol. The van der Waals surface area contributed by atoms with E-state index in [9.17, 15) is 0 Å². The number of unbranched alkanes of at least 4 members (excludes halogenated alkanes) is 3. The molecule has 8 heteroatoms. The van der Waals surface area contributed by atoms with Crippen LogP contribution in [0.5, 0.6) is 0 Å². The van der Waals surface area contributed by atoms with Gasteiger partial charge in [0, 0.05) is 20.5 Å². The molecule has 0 aromatic heterocycles. The van der Waals surface area contributed by atoms with Gasteiger partial charge in [0.25, 0.3) is 0 Å². The standard InChI is InChI=1S/4C16H13.C6H12.2C2H5Si.4ClH.2Zr/c4*1-12-10-14-8-5-9-15(16(14)11-12)13-6-3-2-4-7-13;1-3-5-6-4-2;2*1-2-3;;;;;;/h4*2-11H,1H3;1-6H2;2*2H2,1H3;4*1H;;/q4*-1;-2;;;;;;;2*+2/p-4. The molecule has 0 amide bonds. The zero-order chi connectivity index (χ0) is 59.5. The number of hydrogen-bond donors (Lipinski definition) is 0. The topological polar surface area (TPSA) is 0 Å². The SMILES string of the molecule is CC[Si].CC[Si].Cc1cc2c(-c3ccccc3)cccc2[cH-]1.Cc1cc2c(-c3ccccc3)cccc2[cH-]1.Cc1cc2c(-c3ccccc3)cccc2[cH-]1.Cc1cc2c(-c3ccccc3)cccc2[cH-]1.[CH2-]CCCC[CH2-].[Cl][Zr][Cl].[Cl][Zr][Cl]. The molecule has 0 fully saturated rings. The van der Waals surface area contributed by atoms with E-state index in [2.05, 4.69) is 305 Å². The van der Waals surface area contributed by atoms with Crippen LogP contribution in [0, 0.1) is 41.5 Å². The molecule has 12 rings (SSSR count). The molecule has 12 aromatic carbocycles. The normalized spacial score (nSPS) is 9.88. The molecule has 0 N–H and O–H groups in total. The van der Waals surface area contributed by atoms with Crippen LogP contribution in [0.3, 0.4) is 0 Å². The van der Waals surface area contributed by atoms with Gasteiger partial charge in [0.05, 0.1) is 0 Å². The molecule has 0 aliphatic rings. The van der Waals surface area contributed by atoms with Crippen molar-refractivity contribution in [2.24, 2.45) is 0 Å². The van der Waals surface area contributed by atoms with Crippen LogP contribution in [-0.4, -0.2) is 20.5 Å². The monoisotopic (exact) mass is 1340 g/mol. The van der Waals surface area contributed by atoms with E-state index in [1.54, 1.807) is 0 Å². The Morgan fingerprint density at radius 2 is 0.512 bits per heavy atom. The quantitative estimate of drug-likeness (QED) is 0.0848. The van der Waals surface area contributed by atoms with Gasteiger partial charge in [-0.2, -0.15) is 37.1 Å². The van der Waals surface area contributed by atoms with Gasteiger partial charge in [-0.1, -0.05) is 234 Å². The molecule has 82 heavy (non-hydrogen) atoms. The molecule has 0 spiro atoms. The fourth-order valence-corrected chi connectivity index (χ4v) is 9.37. The van der Waals surface area contributed by atoms with E-state index >= 15 is 0 Å². The second kappa shape index (κ2) is 40.8. The molecule has 0 atom stereocenters. The minimum absolute atomic E-state index is 0.826. The average Bonchev–Trinajstić information content (AvgIpc) is 4.36. The van der Waals surface area contributed by atoms with Gasteiger partial charge in [-0.25, -0.2) is 0 Å². The number of halogens is 4. The van der Waals surface area contributed by atoms with Crippen molar-refractivity contribution in [2.75, 3.05) is 0 Å². The van der Waals surface area contributed by atoms with E-state index in [0.717, 1.165) is 24.9 Å². The second-order valence-corrected chi connectivity index (χ2v) is 28.0. The molecule has 420 valence electrons. The summed E-state index contributed by atoms with van der Waals surface area (Å²) in [6, 6.07) is 88.3. The van der Waals surface area contributed by atoms with E-state index in [1.807, 2.05) is 13.8 Å². The first-order chi connectivity index (χ1) is 39.9. The number of benzene rings is 8. The number of aryl methyl sites for hydroxylation is 4. The summed E-state index contributed by atoms with van der Waals surface area (Å²) in [4.78, 5) is 0. The molecule has 0 bridgehead atoms. The summed E-state index contributed by atoms with van der Waals surface area (Å²) in [5, 5.41) is 10.7. The van der Waals surface area contributed by atoms with Gasteiger partial charge in [-0.05, 0) is 22.3 Å². The van der Waals surface area contributed by atoms with Gasteiger partial charge in [0.1, 0.15) is 0 Å². The fourth-order valence-electron chi connectivity index (χ4n) is 9.37. The molecule has 12 aromatic rings. The van der Waals surface area contributed by atoms with Crippen molar-refractivity contribution in [3.8, 4) is 44.5 Å². The number of rotatable bonds is 7. The van der Waals surface area contributed by atoms with E-state index in [0.29, 0.717) is 0 Å². The van der Waals surface area contributed by atoms with Gasteiger partial charge in [0.15, 0.2) is 0 Å². The first kappa shape index (κ1) is 70.0. The Kier molecular flexibility index (Phi) is 34.8. The molecule has 0 saturated heterocycles. The summed E-state index contributed by atoms with van der Waals surface area (Å²) in [6.07, 6.45) is 4.61. The van der Waals surface area contributed by atoms with Gasteiger partial charge in [-0.3, -0.25) is 0 Å². The van der Waals surface area contributed by atoms with Crippen LogP contribution < -0.4 is 0 Å². The van der Waals surface area contributed by atoms with Crippen LogP contribution in [-0.2, 0) is 41.7 Å². The Morgan fingerprint density at radius 3 is 0.683 bits per heavy atom. The van der Waals surface area contributed by atoms with Gasteiger partial charge < -0.3 is 13.8 Å². The molecule has 0 heterocycles. The number of hydrogen-bond acceptors (Lipinski definition) is 0. The third-order valence-corrected chi connectivity index (χ3v) is 12.7. The molecule has 0 unspecified atom stereocenters. The second-order valence-electron chi connectivity index (χ2n) is 19.1.